The SMILES string of the molecule is COCCS(=O)(=O)c1ccc(-c2cc3cnc(Nc4ccc(N5CCNCC5)c(F)c4)nc3n(CC(=O)N3CCCC3)c2=O)c(C)c1. The molecule has 2 aliphatic rings. The molecular weight excluding hydrogens is 625 g/mol. The summed E-state index contributed by atoms with van der Waals surface area (Å²) in [6.07, 6.45) is 3.36. The number of pyridine rings is 1. The number of benzene rings is 2. The van der Waals surface area contributed by atoms with Crippen molar-refractivity contribution in [1.29, 1.82) is 0 Å². The fourth-order valence-electron chi connectivity index (χ4n) is 6.08. The van der Waals surface area contributed by atoms with Crippen LogP contribution in [0.4, 0.5) is 21.7 Å². The van der Waals surface area contributed by atoms with E-state index in [1.54, 1.807) is 48.4 Å². The summed E-state index contributed by atoms with van der Waals surface area (Å²) in [6.45, 7) is 5.83. The molecule has 2 N–H and O–H groups in total. The van der Waals surface area contributed by atoms with Crippen molar-refractivity contribution in [2.45, 2.75) is 31.2 Å². The number of nitrogens with one attached hydrogen (secondary N) is 2. The maximum atomic E-state index is 15.1. The van der Waals surface area contributed by atoms with E-state index < -0.39 is 15.4 Å². The number of sulfone groups is 1. The van der Waals surface area contributed by atoms with Gasteiger partial charge in [-0.3, -0.25) is 14.2 Å². The predicted molar refractivity (Wildman–Crippen MR) is 178 cm³/mol. The van der Waals surface area contributed by atoms with Gasteiger partial charge in [0.1, 0.15) is 18.0 Å². The van der Waals surface area contributed by atoms with Gasteiger partial charge in [0.05, 0.1) is 22.9 Å². The molecule has 4 heterocycles. The largest absolute Gasteiger partial charge is 0.384 e. The van der Waals surface area contributed by atoms with Gasteiger partial charge in [0.25, 0.3) is 5.56 Å². The average molecular weight is 664 g/mol. The van der Waals surface area contributed by atoms with Gasteiger partial charge in [-0.1, -0.05) is 6.07 Å². The van der Waals surface area contributed by atoms with Crippen molar-refractivity contribution < 1.29 is 22.3 Å². The molecule has 0 spiro atoms. The highest BCUT2D eigenvalue weighted by atomic mass is 32.2. The van der Waals surface area contributed by atoms with Crippen LogP contribution in [0.5, 0.6) is 0 Å². The van der Waals surface area contributed by atoms with Gasteiger partial charge in [0, 0.05) is 69.2 Å². The number of rotatable bonds is 10. The third-order valence-corrected chi connectivity index (χ3v) is 10.3. The maximum absolute atomic E-state index is 15.1. The second kappa shape index (κ2) is 13.8. The van der Waals surface area contributed by atoms with Gasteiger partial charge < -0.3 is 25.2 Å². The molecule has 0 radical (unpaired) electrons. The summed E-state index contributed by atoms with van der Waals surface area (Å²) in [5, 5.41) is 6.81. The summed E-state index contributed by atoms with van der Waals surface area (Å²) in [4.78, 5) is 40.4. The van der Waals surface area contributed by atoms with Gasteiger partial charge >= 0.3 is 0 Å². The Balaban J connectivity index is 1.37. The molecule has 2 fully saturated rings. The minimum absolute atomic E-state index is 0.0666. The molecule has 4 aromatic rings. The number of likely N-dealkylation sites (tertiary alicyclic amines) is 1. The molecule has 2 aromatic carbocycles. The number of aryl methyl sites for hydroxylation is 1. The monoisotopic (exact) mass is 663 g/mol. The number of amides is 1. The smallest absolute Gasteiger partial charge is 0.260 e. The third-order valence-electron chi connectivity index (χ3n) is 8.64. The molecule has 6 rings (SSSR count). The van der Waals surface area contributed by atoms with Crippen LogP contribution in [0.25, 0.3) is 22.2 Å². The number of methoxy groups -OCH3 is 1. The molecule has 248 valence electrons. The maximum Gasteiger partial charge on any atom is 0.260 e. The molecule has 0 unspecified atom stereocenters. The van der Waals surface area contributed by atoms with E-state index in [9.17, 15) is 18.0 Å². The van der Waals surface area contributed by atoms with Crippen molar-refractivity contribution in [2.75, 3.05) is 69.0 Å². The summed E-state index contributed by atoms with van der Waals surface area (Å²) in [5.41, 5.74) is 2.18. The molecule has 47 heavy (non-hydrogen) atoms. The van der Waals surface area contributed by atoms with Crippen molar-refractivity contribution in [2.24, 2.45) is 0 Å². The second-order valence-corrected chi connectivity index (χ2v) is 13.9. The molecule has 0 aliphatic carbocycles. The minimum atomic E-state index is -3.58. The van der Waals surface area contributed by atoms with Crippen LogP contribution < -0.4 is 21.1 Å². The summed E-state index contributed by atoms with van der Waals surface area (Å²) >= 11 is 0. The van der Waals surface area contributed by atoms with Crippen molar-refractivity contribution in [3.63, 3.8) is 0 Å². The highest BCUT2D eigenvalue weighted by Gasteiger charge is 2.23. The quantitative estimate of drug-likeness (QED) is 0.260. The van der Waals surface area contributed by atoms with Crippen molar-refractivity contribution in [3.8, 4) is 11.1 Å². The lowest BCUT2D eigenvalue weighted by molar-refractivity contribution is -0.130. The number of hydrogen-bond acceptors (Lipinski definition) is 10. The normalized spacial score (nSPS) is 15.4. The molecule has 0 bridgehead atoms. The Bertz CT molecular complexity index is 1970. The first-order valence-corrected chi connectivity index (χ1v) is 17.3. The van der Waals surface area contributed by atoms with E-state index in [-0.39, 0.29) is 47.1 Å². The number of halogens is 1. The summed E-state index contributed by atoms with van der Waals surface area (Å²) in [6, 6.07) is 11.1. The van der Waals surface area contributed by atoms with Crippen LogP contribution in [0.15, 0.2) is 58.4 Å². The number of piperazine rings is 1. The van der Waals surface area contributed by atoms with Gasteiger partial charge in [0.15, 0.2) is 9.84 Å². The Labute approximate surface area is 272 Å². The number of hydrogen-bond donors (Lipinski definition) is 2. The zero-order chi connectivity index (χ0) is 33.1. The number of carbonyl (C=O) groups is 1. The van der Waals surface area contributed by atoms with E-state index in [2.05, 4.69) is 20.6 Å². The van der Waals surface area contributed by atoms with Crippen LogP contribution in [0, 0.1) is 12.7 Å². The first-order chi connectivity index (χ1) is 22.6. The van der Waals surface area contributed by atoms with E-state index >= 15 is 4.39 Å². The Hall–Kier alpha value is -4.40. The zero-order valence-corrected chi connectivity index (χ0v) is 27.3. The second-order valence-electron chi connectivity index (χ2n) is 11.8. The Morgan fingerprint density at radius 2 is 1.81 bits per heavy atom. The van der Waals surface area contributed by atoms with Crippen LogP contribution in [-0.4, -0.2) is 92.5 Å². The molecule has 2 aliphatic heterocycles. The molecule has 2 saturated heterocycles. The fourth-order valence-corrected chi connectivity index (χ4v) is 7.33. The minimum Gasteiger partial charge on any atom is -0.384 e. The van der Waals surface area contributed by atoms with Gasteiger partial charge in [-0.2, -0.15) is 4.98 Å². The first kappa shape index (κ1) is 32.5. The lowest BCUT2D eigenvalue weighted by Crippen LogP contribution is -2.43. The van der Waals surface area contributed by atoms with Crippen LogP contribution in [-0.2, 0) is 25.9 Å². The molecule has 0 atom stereocenters. The number of anilines is 3. The number of fused-ring (bicyclic) bond motifs is 1. The topological polar surface area (TPSA) is 139 Å². The number of ether oxygens (including phenoxy) is 1. The first-order valence-electron chi connectivity index (χ1n) is 15.7. The Morgan fingerprint density at radius 1 is 1.04 bits per heavy atom. The van der Waals surface area contributed by atoms with E-state index in [0.717, 1.165) is 25.9 Å². The van der Waals surface area contributed by atoms with Gasteiger partial charge in [-0.25, -0.2) is 17.8 Å². The van der Waals surface area contributed by atoms with E-state index in [4.69, 9.17) is 4.74 Å². The molecular formula is C33H38FN7O5S. The zero-order valence-electron chi connectivity index (χ0n) is 26.5. The summed E-state index contributed by atoms with van der Waals surface area (Å²) in [7, 11) is -2.14. The summed E-state index contributed by atoms with van der Waals surface area (Å²) < 4.78 is 46.9. The number of aromatic nitrogens is 3. The van der Waals surface area contributed by atoms with Crippen molar-refractivity contribution in [1.82, 2.24) is 24.8 Å². The average Bonchev–Trinajstić information content (AvgIpc) is 3.61. The van der Waals surface area contributed by atoms with Crippen LogP contribution in [0.3, 0.4) is 0 Å². The van der Waals surface area contributed by atoms with Crippen LogP contribution >= 0.6 is 0 Å². The third kappa shape index (κ3) is 6.99. The lowest BCUT2D eigenvalue weighted by Gasteiger charge is -2.29. The number of carbonyl (C=O) groups excluding carboxylic acids is 1. The summed E-state index contributed by atoms with van der Waals surface area (Å²) in [5.74, 6) is -0.589. The van der Waals surface area contributed by atoms with Gasteiger partial charge in [-0.05, 0) is 67.3 Å². The van der Waals surface area contributed by atoms with Gasteiger partial charge in [-0.15, -0.1) is 0 Å². The molecule has 1 amide bonds. The lowest BCUT2D eigenvalue weighted by atomic mass is 10.0. The number of nitrogens with zero attached hydrogens (tertiary/aromatic N) is 5. The van der Waals surface area contributed by atoms with E-state index in [0.29, 0.717) is 59.6 Å². The molecule has 2 aromatic heterocycles. The highest BCUT2D eigenvalue weighted by Crippen LogP contribution is 2.28. The molecule has 0 saturated carbocycles. The Kier molecular flexibility index (Phi) is 9.52. The standard InChI is InChI=1S/C33H38FN7O5S/c1-22-17-25(47(44,45)16-15-46-2)6-7-26(22)27-18-23-20-36-33(37-24-5-8-29(28(34)19-24)39-13-9-35-10-14-39)38-31(23)41(32(27)43)21-30(42)40-11-3-4-12-40/h5-8,17-20,35H,3-4,9-16,21H2,1-2H3,(H,36,37,38). The van der Waals surface area contributed by atoms with Crippen molar-refractivity contribution >= 4 is 44.1 Å². The molecule has 12 nitrogen and oxygen atoms in total. The van der Waals surface area contributed by atoms with E-state index in [1.165, 1.54) is 23.8 Å². The van der Waals surface area contributed by atoms with Crippen LogP contribution in [0.2, 0.25) is 0 Å². The van der Waals surface area contributed by atoms with Crippen molar-refractivity contribution in [3.05, 3.63) is 70.4 Å². The highest BCUT2D eigenvalue weighted by molar-refractivity contribution is 7.91. The fraction of sp³-hybridized carbons (Fsp3) is 0.394. The van der Waals surface area contributed by atoms with Crippen LogP contribution in [0.1, 0.15) is 18.4 Å². The van der Waals surface area contributed by atoms with E-state index in [1.807, 2.05) is 4.90 Å². The Morgan fingerprint density at radius 3 is 2.51 bits per heavy atom. The van der Waals surface area contributed by atoms with Gasteiger partial charge in [0.2, 0.25) is 11.9 Å². The molecule has 14 heteroatoms. The predicted octanol–water partition coefficient (Wildman–Crippen LogP) is 3.10.